The Bertz CT molecular complexity index is 1690. The summed E-state index contributed by atoms with van der Waals surface area (Å²) in [6.45, 7) is 5.22. The molecule has 0 aliphatic heterocycles. The molecule has 0 saturated carbocycles. The van der Waals surface area contributed by atoms with E-state index in [1.54, 1.807) is 7.11 Å². The summed E-state index contributed by atoms with van der Waals surface area (Å²) in [7, 11) is 7.68. The van der Waals surface area contributed by atoms with Crippen molar-refractivity contribution in [3.8, 4) is 16.9 Å². The van der Waals surface area contributed by atoms with Crippen LogP contribution in [0.1, 0.15) is 0 Å². The van der Waals surface area contributed by atoms with Crippen LogP contribution in [0.15, 0.2) is 85.5 Å². The van der Waals surface area contributed by atoms with E-state index in [0.717, 1.165) is 35.2 Å². The number of amides is 1. The van der Waals surface area contributed by atoms with E-state index in [-0.39, 0.29) is 5.91 Å². The van der Waals surface area contributed by atoms with Gasteiger partial charge in [-0.3, -0.25) is 9.89 Å². The molecular formula is C32H34N6O2. The first-order valence-corrected chi connectivity index (χ1v) is 13.1. The Kier molecular flexibility index (Phi) is 7.70. The molecule has 0 saturated heterocycles. The fraction of sp³-hybridized carbons (Fsp3) is 0.188. The summed E-state index contributed by atoms with van der Waals surface area (Å²) in [6, 6.07) is 24.8. The van der Waals surface area contributed by atoms with E-state index in [4.69, 9.17) is 4.74 Å². The lowest BCUT2D eigenvalue weighted by molar-refractivity contribution is -0.111. The number of fused-ring (bicyclic) bond motifs is 2. The van der Waals surface area contributed by atoms with Gasteiger partial charge in [0, 0.05) is 31.6 Å². The zero-order chi connectivity index (χ0) is 28.2. The Morgan fingerprint density at radius 2 is 1.77 bits per heavy atom. The topological polar surface area (TPSA) is 85.5 Å². The number of aromatic amines is 1. The van der Waals surface area contributed by atoms with Crippen LogP contribution in [0.3, 0.4) is 0 Å². The van der Waals surface area contributed by atoms with Crippen molar-refractivity contribution in [2.24, 2.45) is 0 Å². The molecule has 0 aliphatic carbocycles. The first-order valence-electron chi connectivity index (χ1n) is 13.1. The summed E-state index contributed by atoms with van der Waals surface area (Å²) in [5.74, 6) is 1.00. The first kappa shape index (κ1) is 26.8. The molecule has 0 spiro atoms. The second kappa shape index (κ2) is 11.5. The average molecular weight is 535 g/mol. The average Bonchev–Trinajstić information content (AvgIpc) is 3.37. The largest absolute Gasteiger partial charge is 0.494 e. The van der Waals surface area contributed by atoms with Crippen LogP contribution in [0.2, 0.25) is 0 Å². The van der Waals surface area contributed by atoms with Gasteiger partial charge in [-0.05, 0) is 60.3 Å². The van der Waals surface area contributed by atoms with Crippen LogP contribution in [0, 0.1) is 0 Å². The summed E-state index contributed by atoms with van der Waals surface area (Å²) in [4.78, 5) is 16.5. The smallest absolute Gasteiger partial charge is 0.247 e. The van der Waals surface area contributed by atoms with Crippen LogP contribution in [0.5, 0.6) is 5.75 Å². The van der Waals surface area contributed by atoms with Crippen molar-refractivity contribution in [2.45, 2.75) is 0 Å². The minimum absolute atomic E-state index is 0.287. The van der Waals surface area contributed by atoms with E-state index in [0.29, 0.717) is 22.9 Å². The van der Waals surface area contributed by atoms with Crippen LogP contribution < -0.4 is 20.3 Å². The number of rotatable bonds is 10. The molecule has 1 heterocycles. The maximum Gasteiger partial charge on any atom is 0.247 e. The normalized spacial score (nSPS) is 11.1. The number of methoxy groups -OCH3 is 1. The van der Waals surface area contributed by atoms with Crippen LogP contribution in [0.4, 0.5) is 22.9 Å². The Hall–Kier alpha value is -4.82. The lowest BCUT2D eigenvalue weighted by atomic mass is 9.97. The zero-order valence-electron chi connectivity index (χ0n) is 23.3. The Labute approximate surface area is 234 Å². The van der Waals surface area contributed by atoms with E-state index >= 15 is 0 Å². The summed E-state index contributed by atoms with van der Waals surface area (Å²) in [5.41, 5.74) is 5.35. The number of carbonyl (C=O) groups excluding carboxylic acids is 1. The van der Waals surface area contributed by atoms with E-state index in [9.17, 15) is 4.79 Å². The Balaban J connectivity index is 1.50. The second-order valence-electron chi connectivity index (χ2n) is 9.97. The highest BCUT2D eigenvalue weighted by molar-refractivity contribution is 6.03. The van der Waals surface area contributed by atoms with Gasteiger partial charge in [0.25, 0.3) is 0 Å². The highest BCUT2D eigenvalue weighted by atomic mass is 16.5. The second-order valence-corrected chi connectivity index (χ2v) is 9.97. The van der Waals surface area contributed by atoms with E-state index in [1.807, 2.05) is 33.3 Å². The molecule has 0 bridgehead atoms. The summed E-state index contributed by atoms with van der Waals surface area (Å²) in [5, 5.41) is 17.4. The lowest BCUT2D eigenvalue weighted by Gasteiger charge is -2.26. The molecule has 5 aromatic rings. The third-order valence-electron chi connectivity index (χ3n) is 6.97. The standard InChI is InChI=1S/C32H34N6O2/c1-6-31(39)33-27-19-28(30(40-5)20-29(27)38(4)17-16-37(2)3)34-32-25-15-14-22(18-26(25)35-36-32)24-13-9-11-21-10-7-8-12-23(21)24/h6-15,18-20H,1,16-17H2,2-5H3,(H,33,39)(H2,34,35,36). The van der Waals surface area contributed by atoms with Gasteiger partial charge >= 0.3 is 0 Å². The molecule has 0 unspecified atom stereocenters. The van der Waals surface area contributed by atoms with Crippen LogP contribution in [-0.4, -0.2) is 62.3 Å². The molecule has 0 fully saturated rings. The van der Waals surface area contributed by atoms with Gasteiger partial charge in [-0.15, -0.1) is 0 Å². The van der Waals surface area contributed by atoms with Crippen molar-refractivity contribution in [3.05, 3.63) is 85.5 Å². The number of carbonyl (C=O) groups is 1. The minimum Gasteiger partial charge on any atom is -0.494 e. The Morgan fingerprint density at radius 3 is 2.55 bits per heavy atom. The van der Waals surface area contributed by atoms with E-state index in [1.165, 1.54) is 22.4 Å². The van der Waals surface area contributed by atoms with Crippen molar-refractivity contribution >= 4 is 50.5 Å². The van der Waals surface area contributed by atoms with Crippen molar-refractivity contribution < 1.29 is 9.53 Å². The molecule has 0 atom stereocenters. The summed E-state index contributed by atoms with van der Waals surface area (Å²) < 4.78 is 5.76. The van der Waals surface area contributed by atoms with Gasteiger partial charge < -0.3 is 25.2 Å². The van der Waals surface area contributed by atoms with Crippen LogP contribution in [-0.2, 0) is 4.79 Å². The fourth-order valence-corrected chi connectivity index (χ4v) is 4.79. The summed E-state index contributed by atoms with van der Waals surface area (Å²) in [6.07, 6.45) is 1.26. The number of hydrogen-bond donors (Lipinski definition) is 3. The van der Waals surface area contributed by atoms with Crippen molar-refractivity contribution in [2.75, 3.05) is 56.9 Å². The molecule has 5 rings (SSSR count). The molecule has 1 amide bonds. The van der Waals surface area contributed by atoms with Gasteiger partial charge in [0.05, 0.1) is 29.7 Å². The number of hydrogen-bond acceptors (Lipinski definition) is 6. The third kappa shape index (κ3) is 5.48. The molecule has 1 aromatic heterocycles. The number of aromatic nitrogens is 2. The van der Waals surface area contributed by atoms with Gasteiger partial charge in [-0.2, -0.15) is 5.10 Å². The first-order chi connectivity index (χ1) is 19.4. The number of nitrogens with one attached hydrogen (secondary N) is 3. The minimum atomic E-state index is -0.287. The predicted octanol–water partition coefficient (Wildman–Crippen LogP) is 6.26. The third-order valence-corrected chi connectivity index (χ3v) is 6.97. The summed E-state index contributed by atoms with van der Waals surface area (Å²) >= 11 is 0. The lowest BCUT2D eigenvalue weighted by Crippen LogP contribution is -2.29. The number of nitrogens with zero attached hydrogens (tertiary/aromatic N) is 3. The maximum absolute atomic E-state index is 12.3. The predicted molar refractivity (Wildman–Crippen MR) is 166 cm³/mol. The quantitative estimate of drug-likeness (QED) is 0.184. The molecule has 0 radical (unpaired) electrons. The number of H-pyrrole nitrogens is 1. The molecule has 8 nitrogen and oxygen atoms in total. The molecule has 40 heavy (non-hydrogen) atoms. The molecule has 0 aliphatic rings. The molecular weight excluding hydrogens is 500 g/mol. The van der Waals surface area contributed by atoms with Crippen LogP contribution in [0.25, 0.3) is 32.8 Å². The van der Waals surface area contributed by atoms with Crippen molar-refractivity contribution in [3.63, 3.8) is 0 Å². The number of benzene rings is 4. The van der Waals surface area contributed by atoms with E-state index in [2.05, 4.69) is 97.9 Å². The SMILES string of the molecule is C=CC(=O)Nc1cc(Nc2n[nH]c3cc(-c4cccc5ccccc45)ccc23)c(OC)cc1N(C)CCN(C)C. The van der Waals surface area contributed by atoms with Crippen molar-refractivity contribution in [1.29, 1.82) is 0 Å². The van der Waals surface area contributed by atoms with Gasteiger partial charge in [0.15, 0.2) is 5.82 Å². The van der Waals surface area contributed by atoms with Gasteiger partial charge in [-0.25, -0.2) is 0 Å². The van der Waals surface area contributed by atoms with E-state index < -0.39 is 0 Å². The van der Waals surface area contributed by atoms with Gasteiger partial charge in [0.1, 0.15) is 5.75 Å². The molecule has 204 valence electrons. The monoisotopic (exact) mass is 534 g/mol. The van der Waals surface area contributed by atoms with Crippen molar-refractivity contribution in [1.82, 2.24) is 15.1 Å². The molecule has 8 heteroatoms. The maximum atomic E-state index is 12.3. The molecule has 4 aromatic carbocycles. The highest BCUT2D eigenvalue weighted by Crippen LogP contribution is 2.39. The van der Waals surface area contributed by atoms with Gasteiger partial charge in [-0.1, -0.05) is 55.1 Å². The van der Waals surface area contributed by atoms with Gasteiger partial charge in [0.2, 0.25) is 5.91 Å². The Morgan fingerprint density at radius 1 is 0.975 bits per heavy atom. The number of likely N-dealkylation sites (N-methyl/N-ethyl adjacent to an activating group) is 2. The number of anilines is 4. The van der Waals surface area contributed by atoms with Crippen LogP contribution >= 0.6 is 0 Å². The zero-order valence-corrected chi connectivity index (χ0v) is 23.3. The number of ether oxygens (including phenoxy) is 1. The molecule has 3 N–H and O–H groups in total. The highest BCUT2D eigenvalue weighted by Gasteiger charge is 2.17. The fourth-order valence-electron chi connectivity index (χ4n) is 4.79.